The second kappa shape index (κ2) is 7.80. The lowest BCUT2D eigenvalue weighted by Crippen LogP contribution is -2.14. The number of nitrogens with one attached hydrogen (secondary N) is 1. The van der Waals surface area contributed by atoms with Crippen molar-refractivity contribution in [2.24, 2.45) is 0 Å². The Balaban J connectivity index is 1.27. The van der Waals surface area contributed by atoms with E-state index in [-0.39, 0.29) is 5.56 Å². The molecule has 2 saturated carbocycles. The number of nitrogens with zero attached hydrogens (tertiary/aromatic N) is 5. The number of anilines is 1. The molecule has 4 aromatic rings. The summed E-state index contributed by atoms with van der Waals surface area (Å²) in [7, 11) is 1.48. The maximum absolute atomic E-state index is 14.8. The van der Waals surface area contributed by atoms with Crippen LogP contribution in [0.2, 0.25) is 0 Å². The SMILES string of the molecule is COc1cc(F)c(C(=O)Nc2csc(-c3nncn3C3CC3)c2)cc1-n1cnc(C2CC2)c1. The molecule has 1 aromatic carbocycles. The highest BCUT2D eigenvalue weighted by molar-refractivity contribution is 7.14. The minimum absolute atomic E-state index is 0.0682. The third-order valence-corrected chi connectivity index (χ3v) is 6.91. The Kier molecular flexibility index (Phi) is 4.75. The van der Waals surface area contributed by atoms with Crippen molar-refractivity contribution in [1.29, 1.82) is 0 Å². The quantitative estimate of drug-likeness (QED) is 0.424. The molecule has 0 saturated heterocycles. The predicted octanol–water partition coefficient (Wildman–Crippen LogP) is 4.80. The molecule has 2 fully saturated rings. The van der Waals surface area contributed by atoms with Crippen LogP contribution in [0.5, 0.6) is 5.75 Å². The number of hydrogen-bond donors (Lipinski definition) is 1. The van der Waals surface area contributed by atoms with Gasteiger partial charge in [-0.25, -0.2) is 9.37 Å². The van der Waals surface area contributed by atoms with Crippen LogP contribution in [0.25, 0.3) is 16.4 Å². The Labute approximate surface area is 193 Å². The highest BCUT2D eigenvalue weighted by atomic mass is 32.1. The third kappa shape index (κ3) is 3.80. The zero-order valence-electron chi connectivity index (χ0n) is 17.9. The van der Waals surface area contributed by atoms with Gasteiger partial charge in [0.25, 0.3) is 5.91 Å². The van der Waals surface area contributed by atoms with Crippen molar-refractivity contribution in [2.75, 3.05) is 12.4 Å². The van der Waals surface area contributed by atoms with Gasteiger partial charge >= 0.3 is 0 Å². The summed E-state index contributed by atoms with van der Waals surface area (Å²) in [5, 5.41) is 12.9. The van der Waals surface area contributed by atoms with E-state index < -0.39 is 11.7 Å². The summed E-state index contributed by atoms with van der Waals surface area (Å²) >= 11 is 1.46. The molecule has 3 heterocycles. The second-order valence-corrected chi connectivity index (χ2v) is 9.34. The summed E-state index contributed by atoms with van der Waals surface area (Å²) in [5.41, 5.74) is 2.08. The lowest BCUT2D eigenvalue weighted by Gasteiger charge is -2.12. The summed E-state index contributed by atoms with van der Waals surface area (Å²) in [6, 6.07) is 5.02. The van der Waals surface area contributed by atoms with Crippen molar-refractivity contribution < 1.29 is 13.9 Å². The fraction of sp³-hybridized carbons (Fsp3) is 0.304. The van der Waals surface area contributed by atoms with E-state index in [1.54, 1.807) is 17.2 Å². The summed E-state index contributed by atoms with van der Waals surface area (Å²) in [5.74, 6) is 0.416. The molecule has 3 aromatic heterocycles. The van der Waals surface area contributed by atoms with Crippen LogP contribution in [-0.4, -0.2) is 37.3 Å². The van der Waals surface area contributed by atoms with Gasteiger partial charge in [0.15, 0.2) is 5.82 Å². The van der Waals surface area contributed by atoms with Crippen LogP contribution in [0.4, 0.5) is 10.1 Å². The van der Waals surface area contributed by atoms with Crippen LogP contribution >= 0.6 is 11.3 Å². The van der Waals surface area contributed by atoms with Crippen molar-refractivity contribution in [1.82, 2.24) is 24.3 Å². The number of halogens is 1. The third-order valence-electron chi connectivity index (χ3n) is 5.98. The van der Waals surface area contributed by atoms with Gasteiger partial charge in [-0.15, -0.1) is 21.5 Å². The van der Waals surface area contributed by atoms with Gasteiger partial charge in [-0.05, 0) is 37.8 Å². The first-order valence-corrected chi connectivity index (χ1v) is 11.7. The number of imidazole rings is 1. The van der Waals surface area contributed by atoms with Crippen molar-refractivity contribution in [3.63, 3.8) is 0 Å². The van der Waals surface area contributed by atoms with E-state index in [1.807, 2.05) is 17.6 Å². The number of carbonyl (C=O) groups is 1. The van der Waals surface area contributed by atoms with Gasteiger partial charge in [-0.2, -0.15) is 0 Å². The standard InChI is InChI=1S/C23H21FN6O2S/c1-32-20-8-17(24)16(7-19(20)29-9-18(25-11-29)13-2-3-13)23(31)27-14-6-21(33-10-14)22-28-26-12-30(22)15-4-5-15/h6-13,15H,2-5H2,1H3,(H,27,31). The topological polar surface area (TPSA) is 86.9 Å². The first-order valence-electron chi connectivity index (χ1n) is 10.8. The molecule has 33 heavy (non-hydrogen) atoms. The minimum atomic E-state index is -0.653. The number of thiophene rings is 1. The molecule has 2 aliphatic carbocycles. The molecule has 168 valence electrons. The number of benzene rings is 1. The number of ether oxygens (including phenoxy) is 1. The molecule has 0 radical (unpaired) electrons. The maximum atomic E-state index is 14.8. The predicted molar refractivity (Wildman–Crippen MR) is 122 cm³/mol. The molecule has 0 spiro atoms. The molecule has 0 aliphatic heterocycles. The molecule has 6 rings (SSSR count). The van der Waals surface area contributed by atoms with Crippen LogP contribution in [-0.2, 0) is 0 Å². The highest BCUT2D eigenvalue weighted by Crippen LogP contribution is 2.40. The Bertz CT molecular complexity index is 1350. The molecular weight excluding hydrogens is 443 g/mol. The summed E-state index contributed by atoms with van der Waals surface area (Å²) < 4.78 is 24.0. The van der Waals surface area contributed by atoms with Crippen LogP contribution < -0.4 is 10.1 Å². The average molecular weight is 465 g/mol. The van der Waals surface area contributed by atoms with E-state index in [1.165, 1.54) is 30.6 Å². The number of amides is 1. The monoisotopic (exact) mass is 464 g/mol. The van der Waals surface area contributed by atoms with Crippen molar-refractivity contribution in [3.8, 4) is 22.1 Å². The van der Waals surface area contributed by atoms with Crippen molar-refractivity contribution >= 4 is 22.9 Å². The first kappa shape index (κ1) is 20.1. The van der Waals surface area contributed by atoms with Crippen molar-refractivity contribution in [2.45, 2.75) is 37.6 Å². The zero-order chi connectivity index (χ0) is 22.5. The lowest BCUT2D eigenvalue weighted by atomic mass is 10.1. The van der Waals surface area contributed by atoms with E-state index in [0.29, 0.717) is 29.1 Å². The highest BCUT2D eigenvalue weighted by Gasteiger charge is 2.28. The van der Waals surface area contributed by atoms with Crippen LogP contribution in [0, 0.1) is 5.82 Å². The fourth-order valence-corrected chi connectivity index (χ4v) is 4.73. The normalized spacial score (nSPS) is 15.6. The van der Waals surface area contributed by atoms with Gasteiger partial charge in [0, 0.05) is 29.6 Å². The van der Waals surface area contributed by atoms with E-state index in [4.69, 9.17) is 4.74 Å². The molecule has 8 nitrogen and oxygen atoms in total. The summed E-state index contributed by atoms with van der Waals surface area (Å²) in [6.07, 6.45) is 9.83. The van der Waals surface area contributed by atoms with Gasteiger partial charge in [0.05, 0.1) is 40.9 Å². The minimum Gasteiger partial charge on any atom is -0.494 e. The van der Waals surface area contributed by atoms with Crippen LogP contribution in [0.1, 0.15) is 53.7 Å². The van der Waals surface area contributed by atoms with E-state index in [9.17, 15) is 9.18 Å². The molecule has 2 aliphatic rings. The number of hydrogen-bond acceptors (Lipinski definition) is 6. The first-order chi connectivity index (χ1) is 16.1. The van der Waals surface area contributed by atoms with Crippen molar-refractivity contribution in [3.05, 3.63) is 59.5 Å². The lowest BCUT2D eigenvalue weighted by molar-refractivity contribution is 0.102. The van der Waals surface area contributed by atoms with Crippen LogP contribution in [0.15, 0.2) is 42.4 Å². The second-order valence-electron chi connectivity index (χ2n) is 8.43. The molecule has 0 unspecified atom stereocenters. The van der Waals surface area contributed by atoms with E-state index in [0.717, 1.165) is 42.1 Å². The molecule has 1 amide bonds. The maximum Gasteiger partial charge on any atom is 0.258 e. The Morgan fingerprint density at radius 3 is 2.82 bits per heavy atom. The van der Waals surface area contributed by atoms with Gasteiger partial charge in [0.2, 0.25) is 0 Å². The number of aromatic nitrogens is 5. The Hall–Kier alpha value is -3.53. The van der Waals surface area contributed by atoms with E-state index in [2.05, 4.69) is 25.1 Å². The van der Waals surface area contributed by atoms with E-state index >= 15 is 0 Å². The van der Waals surface area contributed by atoms with Gasteiger partial charge in [0.1, 0.15) is 17.9 Å². The molecule has 0 bridgehead atoms. The Morgan fingerprint density at radius 1 is 1.21 bits per heavy atom. The smallest absolute Gasteiger partial charge is 0.258 e. The van der Waals surface area contributed by atoms with Gasteiger partial charge in [-0.3, -0.25) is 4.79 Å². The zero-order valence-corrected chi connectivity index (χ0v) is 18.7. The summed E-state index contributed by atoms with van der Waals surface area (Å²) in [4.78, 5) is 18.3. The number of rotatable bonds is 7. The molecular formula is C23H21FN6O2S. The molecule has 1 N–H and O–H groups in total. The average Bonchev–Trinajstić information content (AvgIpc) is 3.69. The number of methoxy groups -OCH3 is 1. The fourth-order valence-electron chi connectivity index (χ4n) is 3.90. The largest absolute Gasteiger partial charge is 0.494 e. The van der Waals surface area contributed by atoms with Gasteiger partial charge in [-0.1, -0.05) is 0 Å². The summed E-state index contributed by atoms with van der Waals surface area (Å²) in [6.45, 7) is 0. The van der Waals surface area contributed by atoms with Crippen LogP contribution in [0.3, 0.4) is 0 Å². The number of carbonyl (C=O) groups excluding carboxylic acids is 1. The Morgan fingerprint density at radius 2 is 2.06 bits per heavy atom. The van der Waals surface area contributed by atoms with Gasteiger partial charge < -0.3 is 19.2 Å². The molecule has 0 atom stereocenters. The molecule has 10 heteroatoms.